The molecule has 5 nitrogen and oxygen atoms in total. The van der Waals surface area contributed by atoms with Gasteiger partial charge in [0, 0.05) is 18.3 Å². The Hall–Kier alpha value is -1.65. The van der Waals surface area contributed by atoms with Gasteiger partial charge in [0.05, 0.1) is 0 Å². The zero-order chi connectivity index (χ0) is 13.3. The second kappa shape index (κ2) is 4.92. The number of carbonyl (C=O) groups is 1. The number of aromatic carboxylic acids is 1. The molecular formula is C13H19N3O2. The maximum atomic E-state index is 11.0. The van der Waals surface area contributed by atoms with Crippen molar-refractivity contribution in [3.63, 3.8) is 0 Å². The highest BCUT2D eigenvalue weighted by Crippen LogP contribution is 2.27. The smallest absolute Gasteiger partial charge is 0.354 e. The highest BCUT2D eigenvalue weighted by Gasteiger charge is 2.29. The average Bonchev–Trinajstić information content (AvgIpc) is 2.76. The van der Waals surface area contributed by atoms with Gasteiger partial charge in [-0.2, -0.15) is 0 Å². The molecule has 0 radical (unpaired) electrons. The van der Waals surface area contributed by atoms with Gasteiger partial charge in [-0.1, -0.05) is 13.8 Å². The highest BCUT2D eigenvalue weighted by atomic mass is 16.4. The van der Waals surface area contributed by atoms with Crippen molar-refractivity contribution >= 4 is 11.9 Å². The van der Waals surface area contributed by atoms with Gasteiger partial charge in [-0.25, -0.2) is 14.8 Å². The first-order valence-electron chi connectivity index (χ1n) is 6.34. The summed E-state index contributed by atoms with van der Waals surface area (Å²) in [4.78, 5) is 21.7. The van der Waals surface area contributed by atoms with Gasteiger partial charge in [-0.05, 0) is 31.7 Å². The molecule has 1 unspecified atom stereocenters. The van der Waals surface area contributed by atoms with E-state index in [1.165, 1.54) is 6.07 Å². The molecule has 0 spiro atoms. The van der Waals surface area contributed by atoms with E-state index >= 15 is 0 Å². The minimum atomic E-state index is -0.998. The number of hydrogen-bond acceptors (Lipinski definition) is 4. The van der Waals surface area contributed by atoms with Crippen LogP contribution in [0.5, 0.6) is 0 Å². The summed E-state index contributed by atoms with van der Waals surface area (Å²) in [5.74, 6) is 0.0792. The van der Waals surface area contributed by atoms with Crippen LogP contribution >= 0.6 is 0 Å². The minimum Gasteiger partial charge on any atom is -0.477 e. The quantitative estimate of drug-likeness (QED) is 0.888. The Balaban J connectivity index is 2.35. The van der Waals surface area contributed by atoms with Crippen LogP contribution in [0.4, 0.5) is 5.95 Å². The van der Waals surface area contributed by atoms with Crippen molar-refractivity contribution in [1.82, 2.24) is 9.97 Å². The predicted molar refractivity (Wildman–Crippen MR) is 68.9 cm³/mol. The molecule has 18 heavy (non-hydrogen) atoms. The summed E-state index contributed by atoms with van der Waals surface area (Å²) in [6.07, 6.45) is 2.24. The van der Waals surface area contributed by atoms with Crippen LogP contribution in [0, 0.1) is 12.8 Å². The molecule has 0 bridgehead atoms. The van der Waals surface area contributed by atoms with E-state index in [0.717, 1.165) is 19.4 Å². The topological polar surface area (TPSA) is 66.3 Å². The summed E-state index contributed by atoms with van der Waals surface area (Å²) >= 11 is 0. The number of aromatic nitrogens is 2. The van der Waals surface area contributed by atoms with Crippen LogP contribution < -0.4 is 4.90 Å². The van der Waals surface area contributed by atoms with E-state index in [2.05, 4.69) is 28.7 Å². The number of carboxylic acid groups (broad SMARTS) is 1. The summed E-state index contributed by atoms with van der Waals surface area (Å²) in [6.45, 7) is 7.07. The number of carboxylic acids is 1. The van der Waals surface area contributed by atoms with Crippen LogP contribution in [0.1, 0.15) is 42.9 Å². The van der Waals surface area contributed by atoms with Crippen molar-refractivity contribution in [2.75, 3.05) is 11.4 Å². The van der Waals surface area contributed by atoms with Gasteiger partial charge in [0.1, 0.15) is 0 Å². The second-order valence-electron chi connectivity index (χ2n) is 5.15. The third kappa shape index (κ3) is 2.44. The molecule has 2 heterocycles. The van der Waals surface area contributed by atoms with E-state index in [1.54, 1.807) is 6.92 Å². The largest absolute Gasteiger partial charge is 0.477 e. The lowest BCUT2D eigenvalue weighted by Crippen LogP contribution is -2.35. The van der Waals surface area contributed by atoms with E-state index in [1.807, 2.05) is 0 Å². The number of nitrogens with zero attached hydrogens (tertiary/aromatic N) is 3. The summed E-state index contributed by atoms with van der Waals surface area (Å²) in [5, 5.41) is 9.04. The first kappa shape index (κ1) is 12.8. The lowest BCUT2D eigenvalue weighted by molar-refractivity contribution is 0.0690. The maximum absolute atomic E-state index is 11.0. The highest BCUT2D eigenvalue weighted by molar-refractivity contribution is 5.85. The Kier molecular flexibility index (Phi) is 3.50. The molecule has 0 aromatic carbocycles. The van der Waals surface area contributed by atoms with Crippen molar-refractivity contribution < 1.29 is 9.90 Å². The molecule has 2 rings (SSSR count). The SMILES string of the molecule is Cc1cc(C(=O)O)nc(N2CCCC2C(C)C)n1. The minimum absolute atomic E-state index is 0.0758. The zero-order valence-electron chi connectivity index (χ0n) is 11.1. The zero-order valence-corrected chi connectivity index (χ0v) is 11.1. The van der Waals surface area contributed by atoms with Gasteiger partial charge in [0.15, 0.2) is 5.69 Å². The van der Waals surface area contributed by atoms with Crippen LogP contribution in [-0.4, -0.2) is 33.6 Å². The number of hydrogen-bond donors (Lipinski definition) is 1. The van der Waals surface area contributed by atoms with Gasteiger partial charge in [0.2, 0.25) is 5.95 Å². The van der Waals surface area contributed by atoms with Gasteiger partial charge in [-0.15, -0.1) is 0 Å². The molecular weight excluding hydrogens is 230 g/mol. The van der Waals surface area contributed by atoms with Crippen LogP contribution in [0.2, 0.25) is 0 Å². The van der Waals surface area contributed by atoms with Crippen molar-refractivity contribution in [2.24, 2.45) is 5.92 Å². The molecule has 0 aliphatic carbocycles. The third-order valence-corrected chi connectivity index (χ3v) is 3.39. The van der Waals surface area contributed by atoms with Crippen LogP contribution in [-0.2, 0) is 0 Å². The fourth-order valence-corrected chi connectivity index (χ4v) is 2.52. The molecule has 1 aliphatic heterocycles. The van der Waals surface area contributed by atoms with Crippen LogP contribution in [0.15, 0.2) is 6.07 Å². The molecule has 1 aliphatic rings. The molecule has 1 atom stereocenters. The monoisotopic (exact) mass is 249 g/mol. The van der Waals surface area contributed by atoms with Crippen molar-refractivity contribution in [3.05, 3.63) is 17.5 Å². The lowest BCUT2D eigenvalue weighted by atomic mass is 10.0. The summed E-state index contributed by atoms with van der Waals surface area (Å²) in [5.41, 5.74) is 0.777. The molecule has 0 amide bonds. The van der Waals surface area contributed by atoms with E-state index in [9.17, 15) is 4.79 Å². The van der Waals surface area contributed by atoms with E-state index in [-0.39, 0.29) is 5.69 Å². The molecule has 98 valence electrons. The fraction of sp³-hybridized carbons (Fsp3) is 0.615. The Morgan fingerprint density at radius 2 is 2.22 bits per heavy atom. The van der Waals surface area contributed by atoms with Gasteiger partial charge < -0.3 is 10.0 Å². The van der Waals surface area contributed by atoms with E-state index < -0.39 is 5.97 Å². The van der Waals surface area contributed by atoms with Crippen molar-refractivity contribution in [2.45, 2.75) is 39.7 Å². The maximum Gasteiger partial charge on any atom is 0.354 e. The first-order valence-corrected chi connectivity index (χ1v) is 6.34. The third-order valence-electron chi connectivity index (χ3n) is 3.39. The summed E-state index contributed by atoms with van der Waals surface area (Å²) < 4.78 is 0. The lowest BCUT2D eigenvalue weighted by Gasteiger charge is -2.27. The van der Waals surface area contributed by atoms with Crippen molar-refractivity contribution in [3.8, 4) is 0 Å². The Labute approximate surface area is 107 Å². The van der Waals surface area contributed by atoms with Crippen LogP contribution in [0.25, 0.3) is 0 Å². The molecule has 1 aromatic heterocycles. The Morgan fingerprint density at radius 3 is 2.83 bits per heavy atom. The first-order chi connectivity index (χ1) is 8.49. The molecule has 1 aromatic rings. The average molecular weight is 249 g/mol. The second-order valence-corrected chi connectivity index (χ2v) is 5.15. The molecule has 0 saturated carbocycles. The van der Waals surface area contributed by atoms with Gasteiger partial charge >= 0.3 is 5.97 Å². The number of rotatable bonds is 3. The summed E-state index contributed by atoms with van der Waals surface area (Å²) in [7, 11) is 0. The molecule has 1 N–H and O–H groups in total. The van der Waals surface area contributed by atoms with Crippen molar-refractivity contribution in [1.29, 1.82) is 0 Å². The molecule has 1 saturated heterocycles. The van der Waals surface area contributed by atoms with E-state index in [4.69, 9.17) is 5.11 Å². The Bertz CT molecular complexity index is 460. The van der Waals surface area contributed by atoms with E-state index in [0.29, 0.717) is 23.6 Å². The molecule has 5 heteroatoms. The predicted octanol–water partition coefficient (Wildman–Crippen LogP) is 2.11. The molecule has 1 fully saturated rings. The summed E-state index contributed by atoms with van der Waals surface area (Å²) in [6, 6.07) is 1.92. The normalized spacial score (nSPS) is 19.6. The van der Waals surface area contributed by atoms with Gasteiger partial charge in [-0.3, -0.25) is 0 Å². The van der Waals surface area contributed by atoms with Gasteiger partial charge in [0.25, 0.3) is 0 Å². The van der Waals surface area contributed by atoms with Crippen LogP contribution in [0.3, 0.4) is 0 Å². The number of aryl methyl sites for hydroxylation is 1. The Morgan fingerprint density at radius 1 is 1.50 bits per heavy atom. The standard InChI is InChI=1S/C13H19N3O2/c1-8(2)11-5-4-6-16(11)13-14-9(3)7-10(15-13)12(17)18/h7-8,11H,4-6H2,1-3H3,(H,17,18). The number of anilines is 1. The fourth-order valence-electron chi connectivity index (χ4n) is 2.52.